The zero-order valence-corrected chi connectivity index (χ0v) is 7.12. The number of alkyl halides is 1. The standard InChI is InChI=1S/C9H8ClNO/c1-2-9(12,7-10)8-5-3-4-6-11-8/h1,3-6,12H,7H2. The summed E-state index contributed by atoms with van der Waals surface area (Å²) in [6.45, 7) is 0. The molecule has 0 saturated carbocycles. The molecule has 0 amide bonds. The third kappa shape index (κ3) is 1.58. The Morgan fingerprint density at radius 2 is 2.42 bits per heavy atom. The lowest BCUT2D eigenvalue weighted by atomic mass is 10.0. The van der Waals surface area contributed by atoms with E-state index in [1.807, 2.05) is 0 Å². The van der Waals surface area contributed by atoms with E-state index in [1.54, 1.807) is 24.4 Å². The van der Waals surface area contributed by atoms with Crippen molar-refractivity contribution >= 4 is 11.6 Å². The van der Waals surface area contributed by atoms with Gasteiger partial charge in [-0.2, -0.15) is 0 Å². The molecular formula is C9H8ClNO. The first-order chi connectivity index (χ1) is 5.73. The highest BCUT2D eigenvalue weighted by Gasteiger charge is 2.26. The van der Waals surface area contributed by atoms with Crippen molar-refractivity contribution in [1.82, 2.24) is 4.98 Å². The van der Waals surface area contributed by atoms with Crippen molar-refractivity contribution in [2.45, 2.75) is 5.60 Å². The van der Waals surface area contributed by atoms with Gasteiger partial charge < -0.3 is 5.11 Å². The van der Waals surface area contributed by atoms with Gasteiger partial charge in [-0.15, -0.1) is 18.0 Å². The van der Waals surface area contributed by atoms with Crippen molar-refractivity contribution in [1.29, 1.82) is 0 Å². The molecule has 0 spiro atoms. The normalized spacial score (nSPS) is 14.8. The highest BCUT2D eigenvalue weighted by Crippen LogP contribution is 2.18. The van der Waals surface area contributed by atoms with E-state index in [9.17, 15) is 5.11 Å². The lowest BCUT2D eigenvalue weighted by Crippen LogP contribution is -2.26. The number of hydrogen-bond donors (Lipinski definition) is 1. The summed E-state index contributed by atoms with van der Waals surface area (Å²) in [5.74, 6) is 2.15. The maximum atomic E-state index is 9.67. The molecule has 1 unspecified atom stereocenters. The predicted molar refractivity (Wildman–Crippen MR) is 47.7 cm³/mol. The molecule has 0 bridgehead atoms. The Morgan fingerprint density at radius 3 is 2.83 bits per heavy atom. The molecule has 0 saturated heterocycles. The van der Waals surface area contributed by atoms with Gasteiger partial charge in [0.2, 0.25) is 0 Å². The van der Waals surface area contributed by atoms with Crippen LogP contribution in [0.4, 0.5) is 0 Å². The molecule has 1 rings (SSSR count). The van der Waals surface area contributed by atoms with Crippen molar-refractivity contribution in [2.24, 2.45) is 0 Å². The van der Waals surface area contributed by atoms with Crippen LogP contribution in [0.2, 0.25) is 0 Å². The molecule has 1 heterocycles. The number of rotatable bonds is 2. The molecule has 0 radical (unpaired) electrons. The fraction of sp³-hybridized carbons (Fsp3) is 0.222. The average Bonchev–Trinajstić information content (AvgIpc) is 2.18. The highest BCUT2D eigenvalue weighted by molar-refractivity contribution is 6.18. The fourth-order valence-corrected chi connectivity index (χ4v) is 1.00. The minimum absolute atomic E-state index is 0.0550. The number of aliphatic hydroxyl groups is 1. The van der Waals surface area contributed by atoms with E-state index in [0.717, 1.165) is 0 Å². The quantitative estimate of drug-likeness (QED) is 0.549. The summed E-state index contributed by atoms with van der Waals surface area (Å²) in [6.07, 6.45) is 6.68. The van der Waals surface area contributed by atoms with Crippen LogP contribution in [-0.4, -0.2) is 16.0 Å². The molecule has 62 valence electrons. The molecule has 1 N–H and O–H groups in total. The van der Waals surface area contributed by atoms with Crippen LogP contribution >= 0.6 is 11.6 Å². The van der Waals surface area contributed by atoms with Crippen LogP contribution in [0.5, 0.6) is 0 Å². The summed E-state index contributed by atoms with van der Waals surface area (Å²) in [5, 5.41) is 9.67. The molecular weight excluding hydrogens is 174 g/mol. The molecule has 0 aromatic carbocycles. The lowest BCUT2D eigenvalue weighted by Gasteiger charge is -2.17. The van der Waals surface area contributed by atoms with Crippen molar-refractivity contribution in [3.8, 4) is 12.3 Å². The van der Waals surface area contributed by atoms with Gasteiger partial charge >= 0.3 is 0 Å². The largest absolute Gasteiger partial charge is 0.371 e. The third-order valence-corrected chi connectivity index (χ3v) is 1.91. The Hall–Kier alpha value is -1.04. The molecule has 0 fully saturated rings. The second-order valence-electron chi connectivity index (χ2n) is 2.35. The molecule has 0 aliphatic heterocycles. The molecule has 0 aliphatic carbocycles. The van der Waals surface area contributed by atoms with Gasteiger partial charge in [0.05, 0.1) is 11.6 Å². The minimum atomic E-state index is -1.44. The molecule has 2 nitrogen and oxygen atoms in total. The number of aromatic nitrogens is 1. The average molecular weight is 182 g/mol. The zero-order valence-electron chi connectivity index (χ0n) is 6.37. The van der Waals surface area contributed by atoms with E-state index in [4.69, 9.17) is 18.0 Å². The molecule has 12 heavy (non-hydrogen) atoms. The smallest absolute Gasteiger partial charge is 0.181 e. The number of halogens is 1. The highest BCUT2D eigenvalue weighted by atomic mass is 35.5. The number of pyridine rings is 1. The van der Waals surface area contributed by atoms with Gasteiger partial charge in [-0.05, 0) is 12.1 Å². The van der Waals surface area contributed by atoms with Gasteiger partial charge in [-0.25, -0.2) is 0 Å². The Balaban J connectivity index is 3.06. The molecule has 1 atom stereocenters. The van der Waals surface area contributed by atoms with Crippen LogP contribution in [0.1, 0.15) is 5.69 Å². The first kappa shape index (κ1) is 9.05. The number of hydrogen-bond acceptors (Lipinski definition) is 2. The van der Waals surface area contributed by atoms with Crippen molar-refractivity contribution in [3.63, 3.8) is 0 Å². The number of nitrogens with zero attached hydrogens (tertiary/aromatic N) is 1. The van der Waals surface area contributed by atoms with Crippen LogP contribution in [0.25, 0.3) is 0 Å². The maximum absolute atomic E-state index is 9.67. The third-order valence-electron chi connectivity index (χ3n) is 1.52. The monoisotopic (exact) mass is 181 g/mol. The number of terminal acetylenes is 1. The van der Waals surface area contributed by atoms with Gasteiger partial charge in [-0.1, -0.05) is 12.0 Å². The fourth-order valence-electron chi connectivity index (χ4n) is 0.788. The first-order valence-electron chi connectivity index (χ1n) is 3.40. The van der Waals surface area contributed by atoms with Crippen LogP contribution in [0.3, 0.4) is 0 Å². The summed E-state index contributed by atoms with van der Waals surface area (Å²) in [6, 6.07) is 5.13. The van der Waals surface area contributed by atoms with Gasteiger partial charge in [-0.3, -0.25) is 4.98 Å². The maximum Gasteiger partial charge on any atom is 0.181 e. The van der Waals surface area contributed by atoms with Gasteiger partial charge in [0.1, 0.15) is 0 Å². The van der Waals surface area contributed by atoms with Crippen molar-refractivity contribution in [3.05, 3.63) is 30.1 Å². The molecule has 3 heteroatoms. The van der Waals surface area contributed by atoms with E-state index in [2.05, 4.69) is 10.9 Å². The Bertz CT molecular complexity index is 293. The second-order valence-corrected chi connectivity index (χ2v) is 2.62. The van der Waals surface area contributed by atoms with Crippen LogP contribution in [0, 0.1) is 12.3 Å². The van der Waals surface area contributed by atoms with E-state index in [-0.39, 0.29) is 5.88 Å². The SMILES string of the molecule is C#CC(O)(CCl)c1ccccn1. The Kier molecular flexibility index (Phi) is 2.69. The summed E-state index contributed by atoms with van der Waals surface area (Å²) in [7, 11) is 0. The zero-order chi connectivity index (χ0) is 9.03. The van der Waals surface area contributed by atoms with Crippen LogP contribution in [-0.2, 0) is 5.60 Å². The van der Waals surface area contributed by atoms with Gasteiger partial charge in [0.25, 0.3) is 0 Å². The van der Waals surface area contributed by atoms with Crippen LogP contribution < -0.4 is 0 Å². The minimum Gasteiger partial charge on any atom is -0.371 e. The Morgan fingerprint density at radius 1 is 1.67 bits per heavy atom. The molecule has 1 aromatic rings. The first-order valence-corrected chi connectivity index (χ1v) is 3.94. The topological polar surface area (TPSA) is 33.1 Å². The second kappa shape index (κ2) is 3.57. The predicted octanol–water partition coefficient (Wildman–Crippen LogP) is 1.14. The summed E-state index contributed by atoms with van der Waals surface area (Å²) >= 11 is 5.51. The van der Waals surface area contributed by atoms with Crippen LogP contribution in [0.15, 0.2) is 24.4 Å². The summed E-state index contributed by atoms with van der Waals surface area (Å²) in [4.78, 5) is 3.92. The van der Waals surface area contributed by atoms with E-state index < -0.39 is 5.60 Å². The van der Waals surface area contributed by atoms with Crippen molar-refractivity contribution in [2.75, 3.05) is 5.88 Å². The van der Waals surface area contributed by atoms with E-state index in [1.165, 1.54) is 0 Å². The summed E-state index contributed by atoms with van der Waals surface area (Å²) in [5.41, 5.74) is -1.04. The lowest BCUT2D eigenvalue weighted by molar-refractivity contribution is 0.121. The van der Waals surface area contributed by atoms with Crippen molar-refractivity contribution < 1.29 is 5.11 Å². The van der Waals surface area contributed by atoms with Gasteiger partial charge in [0.15, 0.2) is 5.60 Å². The molecule has 0 aliphatic rings. The van der Waals surface area contributed by atoms with E-state index in [0.29, 0.717) is 5.69 Å². The molecule has 1 aromatic heterocycles. The Labute approximate surface area is 76.2 Å². The van der Waals surface area contributed by atoms with Gasteiger partial charge in [0, 0.05) is 6.20 Å². The summed E-state index contributed by atoms with van der Waals surface area (Å²) < 4.78 is 0. The van der Waals surface area contributed by atoms with E-state index >= 15 is 0 Å².